The lowest BCUT2D eigenvalue weighted by Crippen LogP contribution is -2.18. The molecule has 1 N–H and O–H groups in total. The van der Waals surface area contributed by atoms with Crippen LogP contribution in [0.2, 0.25) is 5.02 Å². The Labute approximate surface area is 114 Å². The minimum atomic E-state index is 0.798. The van der Waals surface area contributed by atoms with Gasteiger partial charge < -0.3 is 5.32 Å². The van der Waals surface area contributed by atoms with Crippen molar-refractivity contribution in [1.29, 1.82) is 0 Å². The van der Waals surface area contributed by atoms with Crippen molar-refractivity contribution in [3.05, 3.63) is 47.0 Å². The van der Waals surface area contributed by atoms with E-state index in [0.29, 0.717) is 0 Å². The van der Waals surface area contributed by atoms with E-state index in [0.717, 1.165) is 29.6 Å². The number of benzene rings is 1. The quantitative estimate of drug-likeness (QED) is 0.563. The minimum Gasteiger partial charge on any atom is -0.313 e. The molecule has 0 saturated carbocycles. The largest absolute Gasteiger partial charge is 0.313 e. The molecule has 0 aliphatic heterocycles. The Bertz CT molecular complexity index is 335. The second-order valence-electron chi connectivity index (χ2n) is 4.05. The lowest BCUT2D eigenvalue weighted by atomic mass is 10.2. The molecule has 0 aromatic heterocycles. The fourth-order valence-corrected chi connectivity index (χ4v) is 2.43. The van der Waals surface area contributed by atoms with Crippen LogP contribution in [0.5, 0.6) is 0 Å². The summed E-state index contributed by atoms with van der Waals surface area (Å²) in [4.78, 5) is 0. The Morgan fingerprint density at radius 1 is 1.35 bits per heavy atom. The molecule has 1 rings (SSSR count). The van der Waals surface area contributed by atoms with Gasteiger partial charge in [-0.1, -0.05) is 42.8 Å². The summed E-state index contributed by atoms with van der Waals surface area (Å²) in [6, 6.07) is 8.03. The molecule has 17 heavy (non-hydrogen) atoms. The summed E-state index contributed by atoms with van der Waals surface area (Å²) in [5, 5.41) is 4.16. The molecule has 0 atom stereocenters. The lowest BCUT2D eigenvalue weighted by Gasteiger charge is -2.07. The van der Waals surface area contributed by atoms with E-state index in [2.05, 4.69) is 31.0 Å². The predicted molar refractivity (Wildman–Crippen MR) is 79.9 cm³/mol. The van der Waals surface area contributed by atoms with E-state index in [1.54, 1.807) is 0 Å². The van der Waals surface area contributed by atoms with Crippen LogP contribution in [0.15, 0.2) is 36.4 Å². The molecular formula is C14H20ClNS. The summed E-state index contributed by atoms with van der Waals surface area (Å²) in [7, 11) is 0. The van der Waals surface area contributed by atoms with Crippen molar-refractivity contribution >= 4 is 23.4 Å². The summed E-state index contributed by atoms with van der Waals surface area (Å²) in [5.74, 6) is 2.03. The number of hydrogen-bond donors (Lipinski definition) is 1. The Hall–Kier alpha value is -0.440. The summed E-state index contributed by atoms with van der Waals surface area (Å²) in [6.45, 7) is 8.24. The van der Waals surface area contributed by atoms with Gasteiger partial charge in [-0.25, -0.2) is 0 Å². The zero-order valence-electron chi connectivity index (χ0n) is 10.3. The van der Waals surface area contributed by atoms with Gasteiger partial charge in [0.25, 0.3) is 0 Å². The van der Waals surface area contributed by atoms with Crippen molar-refractivity contribution in [2.24, 2.45) is 0 Å². The first kappa shape index (κ1) is 14.6. The minimum absolute atomic E-state index is 0.798. The molecule has 94 valence electrons. The summed E-state index contributed by atoms with van der Waals surface area (Å²) >= 11 is 7.73. The van der Waals surface area contributed by atoms with E-state index >= 15 is 0 Å². The molecule has 0 aliphatic rings. The van der Waals surface area contributed by atoms with Crippen molar-refractivity contribution in [3.63, 3.8) is 0 Å². The van der Waals surface area contributed by atoms with Gasteiger partial charge in [-0.15, -0.1) is 0 Å². The lowest BCUT2D eigenvalue weighted by molar-refractivity contribution is 0.716. The van der Waals surface area contributed by atoms with Crippen LogP contribution in [-0.4, -0.2) is 18.8 Å². The normalized spacial score (nSPS) is 10.5. The van der Waals surface area contributed by atoms with Gasteiger partial charge in [0.15, 0.2) is 0 Å². The van der Waals surface area contributed by atoms with Gasteiger partial charge in [0.2, 0.25) is 0 Å². The molecule has 0 aliphatic carbocycles. The zero-order chi connectivity index (χ0) is 12.5. The number of nitrogens with one attached hydrogen (secondary N) is 1. The highest BCUT2D eigenvalue weighted by molar-refractivity contribution is 7.98. The topological polar surface area (TPSA) is 12.0 Å². The van der Waals surface area contributed by atoms with Crippen molar-refractivity contribution in [2.75, 3.05) is 18.8 Å². The number of rotatable bonds is 8. The fourth-order valence-electron chi connectivity index (χ4n) is 1.39. The van der Waals surface area contributed by atoms with Crippen LogP contribution in [0.4, 0.5) is 0 Å². The Balaban J connectivity index is 2.14. The van der Waals surface area contributed by atoms with Crippen LogP contribution in [-0.2, 0) is 5.75 Å². The molecule has 1 nitrogen and oxygen atoms in total. The van der Waals surface area contributed by atoms with Crippen LogP contribution in [0.1, 0.15) is 18.9 Å². The Morgan fingerprint density at radius 2 is 2.06 bits per heavy atom. The molecular weight excluding hydrogens is 250 g/mol. The van der Waals surface area contributed by atoms with Gasteiger partial charge in [-0.3, -0.25) is 0 Å². The SMILES string of the molecule is C=C(CNCCC)CSCc1ccc(Cl)cc1. The zero-order valence-corrected chi connectivity index (χ0v) is 11.9. The average Bonchev–Trinajstić information content (AvgIpc) is 2.32. The molecule has 0 amide bonds. The van der Waals surface area contributed by atoms with Gasteiger partial charge >= 0.3 is 0 Å². The third-order valence-electron chi connectivity index (χ3n) is 2.29. The average molecular weight is 270 g/mol. The highest BCUT2D eigenvalue weighted by Gasteiger charge is 1.97. The second kappa shape index (κ2) is 8.62. The molecule has 3 heteroatoms. The van der Waals surface area contributed by atoms with Crippen molar-refractivity contribution in [1.82, 2.24) is 5.32 Å². The first-order valence-corrected chi connectivity index (χ1v) is 7.45. The molecule has 0 unspecified atom stereocenters. The van der Waals surface area contributed by atoms with Gasteiger partial charge in [-0.05, 0) is 30.7 Å². The van der Waals surface area contributed by atoms with Crippen molar-refractivity contribution < 1.29 is 0 Å². The molecule has 1 aromatic rings. The van der Waals surface area contributed by atoms with Crippen LogP contribution in [0.3, 0.4) is 0 Å². The smallest absolute Gasteiger partial charge is 0.0406 e. The Kier molecular flexibility index (Phi) is 7.41. The van der Waals surface area contributed by atoms with Gasteiger partial charge in [0, 0.05) is 23.1 Å². The van der Waals surface area contributed by atoms with Crippen molar-refractivity contribution in [2.45, 2.75) is 19.1 Å². The van der Waals surface area contributed by atoms with E-state index in [4.69, 9.17) is 11.6 Å². The molecule has 0 bridgehead atoms. The highest BCUT2D eigenvalue weighted by Crippen LogP contribution is 2.16. The number of halogens is 1. The molecule has 0 spiro atoms. The van der Waals surface area contributed by atoms with Crippen LogP contribution >= 0.6 is 23.4 Å². The molecule has 1 aromatic carbocycles. The standard InChI is InChI=1S/C14H20ClNS/c1-3-8-16-9-12(2)10-17-11-13-4-6-14(15)7-5-13/h4-7,16H,2-3,8-11H2,1H3. The van der Waals surface area contributed by atoms with Crippen molar-refractivity contribution in [3.8, 4) is 0 Å². The van der Waals surface area contributed by atoms with Crippen LogP contribution < -0.4 is 5.32 Å². The first-order chi connectivity index (χ1) is 8.22. The third kappa shape index (κ3) is 6.77. The van der Waals surface area contributed by atoms with Crippen LogP contribution in [0.25, 0.3) is 0 Å². The predicted octanol–water partition coefficient (Wildman–Crippen LogP) is 4.13. The number of thioether (sulfide) groups is 1. The highest BCUT2D eigenvalue weighted by atomic mass is 35.5. The summed E-state index contributed by atoms with van der Waals surface area (Å²) < 4.78 is 0. The first-order valence-electron chi connectivity index (χ1n) is 5.92. The molecule has 0 saturated heterocycles. The maximum atomic E-state index is 5.84. The van der Waals surface area contributed by atoms with Gasteiger partial charge in [0.1, 0.15) is 0 Å². The molecule has 0 heterocycles. The third-order valence-corrected chi connectivity index (χ3v) is 3.69. The van der Waals surface area contributed by atoms with E-state index in [9.17, 15) is 0 Å². The van der Waals surface area contributed by atoms with Gasteiger partial charge in [-0.2, -0.15) is 11.8 Å². The maximum Gasteiger partial charge on any atom is 0.0406 e. The second-order valence-corrected chi connectivity index (χ2v) is 5.47. The van der Waals surface area contributed by atoms with E-state index in [1.165, 1.54) is 17.6 Å². The van der Waals surface area contributed by atoms with E-state index in [1.807, 2.05) is 23.9 Å². The maximum absolute atomic E-state index is 5.84. The Morgan fingerprint density at radius 3 is 2.71 bits per heavy atom. The fraction of sp³-hybridized carbons (Fsp3) is 0.429. The van der Waals surface area contributed by atoms with Gasteiger partial charge in [0.05, 0.1) is 0 Å². The molecule has 0 fully saturated rings. The number of hydrogen-bond acceptors (Lipinski definition) is 2. The van der Waals surface area contributed by atoms with E-state index in [-0.39, 0.29) is 0 Å². The summed E-state index contributed by atoms with van der Waals surface area (Å²) in [6.07, 6.45) is 1.17. The van der Waals surface area contributed by atoms with E-state index < -0.39 is 0 Å². The summed E-state index contributed by atoms with van der Waals surface area (Å²) in [5.41, 5.74) is 2.58. The molecule has 0 radical (unpaired) electrons. The monoisotopic (exact) mass is 269 g/mol. The van der Waals surface area contributed by atoms with Crippen LogP contribution in [0, 0.1) is 0 Å².